The second kappa shape index (κ2) is 5.75. The van der Waals surface area contributed by atoms with Gasteiger partial charge in [-0.25, -0.2) is 0 Å². The smallest absolute Gasteiger partial charge is 0.186 e. The molecule has 2 atom stereocenters. The Morgan fingerprint density at radius 1 is 1.64 bits per heavy atom. The molecule has 14 heavy (non-hydrogen) atoms. The maximum atomic E-state index is 9.07. The van der Waals surface area contributed by atoms with E-state index in [2.05, 4.69) is 14.1 Å². The molecule has 0 aliphatic carbocycles. The number of nitrogens with zero attached hydrogens (tertiary/aromatic N) is 2. The van der Waals surface area contributed by atoms with E-state index in [4.69, 9.17) is 16.7 Å². The van der Waals surface area contributed by atoms with Crippen molar-refractivity contribution in [1.82, 2.24) is 8.75 Å². The van der Waals surface area contributed by atoms with E-state index in [1.807, 2.05) is 13.2 Å². The number of aliphatic hydroxyl groups excluding tert-OH is 1. The number of anilines is 1. The number of aliphatic hydroxyl groups is 1. The monoisotopic (exact) mass is 253 g/mol. The van der Waals surface area contributed by atoms with Gasteiger partial charge < -0.3 is 10.4 Å². The molecule has 0 saturated heterocycles. The van der Waals surface area contributed by atoms with Gasteiger partial charge in [-0.3, -0.25) is 0 Å². The van der Waals surface area contributed by atoms with Gasteiger partial charge in [-0.2, -0.15) is 20.5 Å². The van der Waals surface area contributed by atoms with Gasteiger partial charge in [0.05, 0.1) is 18.3 Å². The zero-order chi connectivity index (χ0) is 10.6. The van der Waals surface area contributed by atoms with Gasteiger partial charge in [-0.1, -0.05) is 11.6 Å². The van der Waals surface area contributed by atoms with Crippen LogP contribution in [0.3, 0.4) is 0 Å². The highest BCUT2D eigenvalue weighted by Gasteiger charge is 2.17. The van der Waals surface area contributed by atoms with E-state index in [9.17, 15) is 0 Å². The SMILES string of the molecule is CSC(CO)C(C)Nc1nsnc1Cl. The lowest BCUT2D eigenvalue weighted by Crippen LogP contribution is -2.31. The van der Waals surface area contributed by atoms with Gasteiger partial charge in [0, 0.05) is 11.3 Å². The normalized spacial score (nSPS) is 15.1. The van der Waals surface area contributed by atoms with Gasteiger partial charge in [-0.05, 0) is 13.2 Å². The molecular formula is C7H12ClN3OS2. The summed E-state index contributed by atoms with van der Waals surface area (Å²) >= 11 is 8.46. The highest BCUT2D eigenvalue weighted by molar-refractivity contribution is 7.99. The largest absolute Gasteiger partial charge is 0.395 e. The number of thioether (sulfide) groups is 1. The average molecular weight is 254 g/mol. The third-order valence-electron chi connectivity index (χ3n) is 1.85. The predicted octanol–water partition coefficient (Wildman–Crippen LogP) is 1.72. The van der Waals surface area contributed by atoms with E-state index < -0.39 is 0 Å². The molecule has 1 heterocycles. The minimum Gasteiger partial charge on any atom is -0.395 e. The molecule has 0 spiro atoms. The summed E-state index contributed by atoms with van der Waals surface area (Å²) in [4.78, 5) is 0. The second-order valence-corrected chi connectivity index (χ2v) is 4.76. The first-order valence-corrected chi connectivity index (χ1v) is 6.47. The van der Waals surface area contributed by atoms with Gasteiger partial charge in [0.1, 0.15) is 0 Å². The van der Waals surface area contributed by atoms with Crippen molar-refractivity contribution in [2.75, 3.05) is 18.2 Å². The Labute approximate surface area is 96.4 Å². The lowest BCUT2D eigenvalue weighted by molar-refractivity contribution is 0.288. The number of halogens is 1. The topological polar surface area (TPSA) is 58.0 Å². The molecule has 1 aromatic heterocycles. The Kier molecular flexibility index (Phi) is 4.94. The van der Waals surface area contributed by atoms with E-state index in [1.165, 1.54) is 0 Å². The molecule has 4 nitrogen and oxygen atoms in total. The van der Waals surface area contributed by atoms with E-state index in [-0.39, 0.29) is 17.9 Å². The first-order valence-electron chi connectivity index (χ1n) is 4.07. The van der Waals surface area contributed by atoms with Crippen LogP contribution in [0.15, 0.2) is 0 Å². The summed E-state index contributed by atoms with van der Waals surface area (Å²) in [6, 6.07) is 0.108. The van der Waals surface area contributed by atoms with Gasteiger partial charge in [0.15, 0.2) is 11.0 Å². The van der Waals surface area contributed by atoms with Crippen LogP contribution in [0.2, 0.25) is 5.15 Å². The van der Waals surface area contributed by atoms with Crippen molar-refractivity contribution < 1.29 is 5.11 Å². The van der Waals surface area contributed by atoms with Gasteiger partial charge in [0.25, 0.3) is 0 Å². The maximum absolute atomic E-state index is 9.07. The third-order valence-corrected chi connectivity index (χ3v) is 3.91. The van der Waals surface area contributed by atoms with Crippen molar-refractivity contribution in [3.8, 4) is 0 Å². The van der Waals surface area contributed by atoms with Crippen molar-refractivity contribution >= 4 is 40.9 Å². The lowest BCUT2D eigenvalue weighted by Gasteiger charge is -2.20. The molecule has 1 aromatic rings. The molecule has 0 amide bonds. The molecule has 7 heteroatoms. The van der Waals surface area contributed by atoms with Crippen molar-refractivity contribution in [1.29, 1.82) is 0 Å². The summed E-state index contributed by atoms with van der Waals surface area (Å²) < 4.78 is 7.85. The highest BCUT2D eigenvalue weighted by Crippen LogP contribution is 2.21. The van der Waals surface area contributed by atoms with E-state index in [1.54, 1.807) is 11.8 Å². The van der Waals surface area contributed by atoms with Crippen LogP contribution in [0.5, 0.6) is 0 Å². The summed E-state index contributed by atoms with van der Waals surface area (Å²) in [6.45, 7) is 2.11. The molecule has 0 aliphatic rings. The molecule has 0 saturated carbocycles. The number of aromatic nitrogens is 2. The second-order valence-electron chi connectivity index (χ2n) is 2.79. The molecule has 1 rings (SSSR count). The third kappa shape index (κ3) is 2.98. The quantitative estimate of drug-likeness (QED) is 0.837. The van der Waals surface area contributed by atoms with Crippen molar-refractivity contribution in [3.05, 3.63) is 5.15 Å². The minimum absolute atomic E-state index is 0.108. The van der Waals surface area contributed by atoms with Crippen LogP contribution in [0, 0.1) is 0 Å². The molecule has 0 aliphatic heterocycles. The first-order chi connectivity index (χ1) is 6.69. The first kappa shape index (κ1) is 12.0. The average Bonchev–Trinajstić information content (AvgIpc) is 2.54. The molecule has 2 unspecified atom stereocenters. The van der Waals surface area contributed by atoms with E-state index >= 15 is 0 Å². The summed E-state index contributed by atoms with van der Waals surface area (Å²) in [6.07, 6.45) is 1.96. The Morgan fingerprint density at radius 3 is 2.79 bits per heavy atom. The van der Waals surface area contributed by atoms with Crippen molar-refractivity contribution in [3.63, 3.8) is 0 Å². The predicted molar refractivity (Wildman–Crippen MR) is 62.4 cm³/mol. The van der Waals surface area contributed by atoms with Crippen molar-refractivity contribution in [2.24, 2.45) is 0 Å². The number of hydrogen-bond acceptors (Lipinski definition) is 6. The summed E-state index contributed by atoms with van der Waals surface area (Å²) in [7, 11) is 0. The molecular weight excluding hydrogens is 242 g/mol. The van der Waals surface area contributed by atoms with Crippen LogP contribution in [-0.2, 0) is 0 Å². The summed E-state index contributed by atoms with van der Waals surface area (Å²) in [5, 5.41) is 12.7. The number of hydrogen-bond donors (Lipinski definition) is 2. The lowest BCUT2D eigenvalue weighted by atomic mass is 10.2. The molecule has 2 N–H and O–H groups in total. The molecule has 0 aromatic carbocycles. The molecule has 0 bridgehead atoms. The van der Waals surface area contributed by atoms with Gasteiger partial charge in [-0.15, -0.1) is 0 Å². The molecule has 80 valence electrons. The standard InChI is InChI=1S/C7H12ClN3OS2/c1-4(5(3-12)13-2)9-7-6(8)10-14-11-7/h4-5,12H,3H2,1-2H3,(H,9,11). The van der Waals surface area contributed by atoms with Crippen LogP contribution in [0.25, 0.3) is 0 Å². The van der Waals surface area contributed by atoms with Gasteiger partial charge in [0.2, 0.25) is 0 Å². The maximum Gasteiger partial charge on any atom is 0.186 e. The summed E-state index contributed by atoms with van der Waals surface area (Å²) in [5.74, 6) is 0.594. The van der Waals surface area contributed by atoms with Crippen LogP contribution in [0.1, 0.15) is 6.92 Å². The van der Waals surface area contributed by atoms with Crippen LogP contribution in [-0.4, -0.2) is 38.0 Å². The minimum atomic E-state index is 0.108. The van der Waals surface area contributed by atoms with Crippen LogP contribution < -0.4 is 5.32 Å². The Balaban J connectivity index is 2.56. The number of rotatable bonds is 5. The Bertz CT molecular complexity index is 280. The van der Waals surface area contributed by atoms with Crippen LogP contribution >= 0.6 is 35.1 Å². The van der Waals surface area contributed by atoms with Gasteiger partial charge >= 0.3 is 0 Å². The fraction of sp³-hybridized carbons (Fsp3) is 0.714. The van der Waals surface area contributed by atoms with Crippen LogP contribution in [0.4, 0.5) is 5.82 Å². The summed E-state index contributed by atoms with van der Waals surface area (Å²) in [5.41, 5.74) is 0. The zero-order valence-corrected chi connectivity index (χ0v) is 10.3. The Morgan fingerprint density at radius 2 is 2.36 bits per heavy atom. The molecule has 0 fully saturated rings. The van der Waals surface area contributed by atoms with Crippen molar-refractivity contribution in [2.45, 2.75) is 18.2 Å². The van der Waals surface area contributed by atoms with E-state index in [0.717, 1.165) is 11.7 Å². The fourth-order valence-corrected chi connectivity index (χ4v) is 2.29. The zero-order valence-electron chi connectivity index (χ0n) is 7.90. The highest BCUT2D eigenvalue weighted by atomic mass is 35.5. The fourth-order valence-electron chi connectivity index (χ4n) is 1.01. The number of nitrogens with one attached hydrogen (secondary N) is 1. The Hall–Kier alpha value is -0.0400. The molecule has 0 radical (unpaired) electrons. The van der Waals surface area contributed by atoms with E-state index in [0.29, 0.717) is 11.0 Å².